The highest BCUT2D eigenvalue weighted by Crippen LogP contribution is 2.41. The van der Waals surface area contributed by atoms with E-state index in [1.54, 1.807) is 18.3 Å². The smallest absolute Gasteiger partial charge is 0.257 e. The number of nitrogens with one attached hydrogen (secondary N) is 1. The molecule has 23 heavy (non-hydrogen) atoms. The first-order valence-electron chi connectivity index (χ1n) is 7.83. The van der Waals surface area contributed by atoms with Crippen molar-refractivity contribution in [2.24, 2.45) is 5.92 Å². The molecule has 0 aliphatic heterocycles. The molecule has 0 unspecified atom stereocenters. The van der Waals surface area contributed by atoms with Gasteiger partial charge < -0.3 is 10.1 Å². The second-order valence-electron chi connectivity index (χ2n) is 5.63. The van der Waals surface area contributed by atoms with Crippen LogP contribution in [-0.2, 0) is 0 Å². The van der Waals surface area contributed by atoms with Gasteiger partial charge >= 0.3 is 0 Å². The lowest BCUT2D eigenvalue weighted by Crippen LogP contribution is -2.30. The molecule has 4 nitrogen and oxygen atoms in total. The predicted octanol–water partition coefficient (Wildman–Crippen LogP) is 4.01. The van der Waals surface area contributed by atoms with E-state index in [0.29, 0.717) is 29.0 Å². The number of amides is 1. The van der Waals surface area contributed by atoms with Crippen LogP contribution in [0, 0.1) is 5.92 Å². The lowest BCUT2D eigenvalue weighted by atomic mass is 10.0. The summed E-state index contributed by atoms with van der Waals surface area (Å²) in [7, 11) is 0. The molecule has 2 aromatic rings. The number of rotatable bonds is 6. The van der Waals surface area contributed by atoms with Gasteiger partial charge in [0.2, 0.25) is 5.88 Å². The van der Waals surface area contributed by atoms with Crippen LogP contribution in [-0.4, -0.2) is 17.5 Å². The monoisotopic (exact) mass is 330 g/mol. The van der Waals surface area contributed by atoms with Gasteiger partial charge in [-0.2, -0.15) is 0 Å². The quantitative estimate of drug-likeness (QED) is 0.870. The standard InChI is InChI=1S/C18H19ClN2O2/c1-2-23-18-15(4-3-11-20-18)17(22)21-16(12-5-6-12)13-7-9-14(19)10-8-13/h3-4,7-12,16H,2,5-6H2,1H3,(H,21,22)/t16-/m1/s1. The zero-order chi connectivity index (χ0) is 16.2. The zero-order valence-electron chi connectivity index (χ0n) is 13.0. The van der Waals surface area contributed by atoms with E-state index in [0.717, 1.165) is 18.4 Å². The van der Waals surface area contributed by atoms with Crippen LogP contribution in [0.5, 0.6) is 5.88 Å². The number of carbonyl (C=O) groups is 1. The molecule has 5 heteroatoms. The maximum Gasteiger partial charge on any atom is 0.257 e. The van der Waals surface area contributed by atoms with Gasteiger partial charge in [-0.3, -0.25) is 4.79 Å². The first-order valence-corrected chi connectivity index (χ1v) is 8.21. The summed E-state index contributed by atoms with van der Waals surface area (Å²) in [5, 5.41) is 3.82. The van der Waals surface area contributed by atoms with E-state index < -0.39 is 0 Å². The third-order valence-corrected chi connectivity index (χ3v) is 4.16. The third kappa shape index (κ3) is 3.82. The number of halogens is 1. The molecule has 120 valence electrons. The zero-order valence-corrected chi connectivity index (χ0v) is 13.7. The molecule has 3 rings (SSSR count). The van der Waals surface area contributed by atoms with Crippen LogP contribution in [0.1, 0.15) is 41.7 Å². The summed E-state index contributed by atoms with van der Waals surface area (Å²) in [5.41, 5.74) is 1.54. The van der Waals surface area contributed by atoms with E-state index >= 15 is 0 Å². The number of pyridine rings is 1. The fraction of sp³-hybridized carbons (Fsp3) is 0.333. The highest BCUT2D eigenvalue weighted by Gasteiger charge is 2.34. The molecule has 0 spiro atoms. The van der Waals surface area contributed by atoms with Crippen molar-refractivity contribution in [2.75, 3.05) is 6.61 Å². The Morgan fingerprint density at radius 1 is 1.35 bits per heavy atom. The number of nitrogens with zero attached hydrogens (tertiary/aromatic N) is 1. The number of hydrogen-bond donors (Lipinski definition) is 1. The van der Waals surface area contributed by atoms with E-state index in [4.69, 9.17) is 16.3 Å². The van der Waals surface area contributed by atoms with Gasteiger partial charge in [0, 0.05) is 11.2 Å². The average molecular weight is 331 g/mol. The van der Waals surface area contributed by atoms with E-state index in [1.165, 1.54) is 0 Å². The molecule has 0 radical (unpaired) electrons. The molecule has 1 aliphatic rings. The predicted molar refractivity (Wildman–Crippen MR) is 89.8 cm³/mol. The van der Waals surface area contributed by atoms with Gasteiger partial charge in [-0.15, -0.1) is 0 Å². The number of benzene rings is 1. The number of aromatic nitrogens is 1. The van der Waals surface area contributed by atoms with Gasteiger partial charge in [0.1, 0.15) is 5.56 Å². The summed E-state index contributed by atoms with van der Waals surface area (Å²) in [4.78, 5) is 16.8. The van der Waals surface area contributed by atoms with Gasteiger partial charge in [0.05, 0.1) is 12.6 Å². The Morgan fingerprint density at radius 2 is 2.09 bits per heavy atom. The molecule has 1 atom stereocenters. The van der Waals surface area contributed by atoms with E-state index in [9.17, 15) is 4.79 Å². The van der Waals surface area contributed by atoms with Crippen molar-refractivity contribution >= 4 is 17.5 Å². The van der Waals surface area contributed by atoms with Crippen molar-refractivity contribution in [3.05, 3.63) is 58.7 Å². The highest BCUT2D eigenvalue weighted by atomic mass is 35.5. The summed E-state index contributed by atoms with van der Waals surface area (Å²) in [5.74, 6) is 0.693. The minimum Gasteiger partial charge on any atom is -0.477 e. The molecular weight excluding hydrogens is 312 g/mol. The molecule has 1 fully saturated rings. The normalized spacial score (nSPS) is 15.0. The average Bonchev–Trinajstić information content (AvgIpc) is 3.39. The molecule has 1 aromatic carbocycles. The molecule has 1 N–H and O–H groups in total. The summed E-state index contributed by atoms with van der Waals surface area (Å²) < 4.78 is 5.45. The van der Waals surface area contributed by atoms with Gasteiger partial charge in [-0.25, -0.2) is 4.98 Å². The Hall–Kier alpha value is -2.07. The van der Waals surface area contributed by atoms with Gasteiger partial charge in [0.25, 0.3) is 5.91 Å². The third-order valence-electron chi connectivity index (χ3n) is 3.91. The Labute approximate surface area is 140 Å². The lowest BCUT2D eigenvalue weighted by Gasteiger charge is -2.19. The van der Waals surface area contributed by atoms with Gasteiger partial charge in [0.15, 0.2) is 0 Å². The van der Waals surface area contributed by atoms with Gasteiger partial charge in [-0.1, -0.05) is 23.7 Å². The molecule has 1 saturated carbocycles. The highest BCUT2D eigenvalue weighted by molar-refractivity contribution is 6.30. The molecule has 1 heterocycles. The van der Waals surface area contributed by atoms with Crippen LogP contribution in [0.25, 0.3) is 0 Å². The van der Waals surface area contributed by atoms with Crippen LogP contribution in [0.4, 0.5) is 0 Å². The van der Waals surface area contributed by atoms with Crippen molar-refractivity contribution in [2.45, 2.75) is 25.8 Å². The largest absolute Gasteiger partial charge is 0.477 e. The minimum absolute atomic E-state index is 0.00514. The fourth-order valence-corrected chi connectivity index (χ4v) is 2.73. The van der Waals surface area contributed by atoms with Crippen molar-refractivity contribution in [1.82, 2.24) is 10.3 Å². The van der Waals surface area contributed by atoms with Crippen LogP contribution < -0.4 is 10.1 Å². The molecule has 1 aromatic heterocycles. The first-order chi connectivity index (χ1) is 11.2. The topological polar surface area (TPSA) is 51.2 Å². The van der Waals surface area contributed by atoms with Crippen molar-refractivity contribution in [3.8, 4) is 5.88 Å². The fourth-order valence-electron chi connectivity index (χ4n) is 2.61. The Kier molecular flexibility index (Phi) is 4.82. The molecule has 0 bridgehead atoms. The summed E-state index contributed by atoms with van der Waals surface area (Å²) >= 11 is 5.96. The summed E-state index contributed by atoms with van der Waals surface area (Å²) in [6, 6.07) is 11.1. The minimum atomic E-state index is -0.159. The maximum atomic E-state index is 12.7. The first kappa shape index (κ1) is 15.8. The van der Waals surface area contributed by atoms with Crippen LogP contribution in [0.15, 0.2) is 42.6 Å². The Morgan fingerprint density at radius 3 is 2.74 bits per heavy atom. The molecule has 1 aliphatic carbocycles. The van der Waals surface area contributed by atoms with E-state index in [-0.39, 0.29) is 11.9 Å². The number of ether oxygens (including phenoxy) is 1. The number of hydrogen-bond acceptors (Lipinski definition) is 3. The van der Waals surface area contributed by atoms with Gasteiger partial charge in [-0.05, 0) is 55.5 Å². The molecular formula is C18H19ClN2O2. The van der Waals surface area contributed by atoms with Crippen molar-refractivity contribution < 1.29 is 9.53 Å². The van der Waals surface area contributed by atoms with Crippen LogP contribution >= 0.6 is 11.6 Å². The number of carbonyl (C=O) groups excluding carboxylic acids is 1. The molecule has 0 saturated heterocycles. The van der Waals surface area contributed by atoms with Crippen molar-refractivity contribution in [1.29, 1.82) is 0 Å². The van der Waals surface area contributed by atoms with Crippen LogP contribution in [0.2, 0.25) is 5.02 Å². The lowest BCUT2D eigenvalue weighted by molar-refractivity contribution is 0.0927. The molecule has 1 amide bonds. The SMILES string of the molecule is CCOc1ncccc1C(=O)N[C@@H](c1ccc(Cl)cc1)C1CC1. The maximum absolute atomic E-state index is 12.7. The summed E-state index contributed by atoms with van der Waals surface area (Å²) in [6.07, 6.45) is 3.87. The van der Waals surface area contributed by atoms with E-state index in [2.05, 4.69) is 10.3 Å². The Bertz CT molecular complexity index is 684. The second kappa shape index (κ2) is 7.01. The van der Waals surface area contributed by atoms with Crippen molar-refractivity contribution in [3.63, 3.8) is 0 Å². The Balaban J connectivity index is 1.81. The second-order valence-corrected chi connectivity index (χ2v) is 6.07. The van der Waals surface area contributed by atoms with E-state index in [1.807, 2.05) is 31.2 Å². The van der Waals surface area contributed by atoms with Crippen LogP contribution in [0.3, 0.4) is 0 Å². The summed E-state index contributed by atoms with van der Waals surface area (Å²) in [6.45, 7) is 2.34.